The first-order valence-electron chi connectivity index (χ1n) is 7.33. The summed E-state index contributed by atoms with van der Waals surface area (Å²) in [6, 6.07) is 2.68. The molecule has 0 spiro atoms. The van der Waals surface area contributed by atoms with Gasteiger partial charge in [-0.15, -0.1) is 0 Å². The molecular weight excluding hydrogens is 252 g/mol. The van der Waals surface area contributed by atoms with E-state index in [1.807, 2.05) is 13.8 Å². The van der Waals surface area contributed by atoms with Crippen molar-refractivity contribution in [2.24, 2.45) is 16.8 Å². The Bertz CT molecular complexity index is 547. The van der Waals surface area contributed by atoms with E-state index < -0.39 is 0 Å². The summed E-state index contributed by atoms with van der Waals surface area (Å²) in [5.41, 5.74) is 9.56. The van der Waals surface area contributed by atoms with Crippen LogP contribution in [0.3, 0.4) is 0 Å². The van der Waals surface area contributed by atoms with Crippen LogP contribution in [0.2, 0.25) is 0 Å². The van der Waals surface area contributed by atoms with Crippen LogP contribution >= 0.6 is 0 Å². The summed E-state index contributed by atoms with van der Waals surface area (Å²) >= 11 is 0. The molecule has 3 N–H and O–H groups in total. The summed E-state index contributed by atoms with van der Waals surface area (Å²) in [4.78, 5) is 6.91. The molecule has 108 valence electrons. The smallest absolute Gasteiger partial charge is 0.174 e. The predicted octanol–water partition coefficient (Wildman–Crippen LogP) is 2.17. The molecule has 5 nitrogen and oxygen atoms in total. The number of aromatic nitrogens is 1. The van der Waals surface area contributed by atoms with Crippen molar-refractivity contribution in [2.75, 3.05) is 11.4 Å². The monoisotopic (exact) mass is 274 g/mol. The van der Waals surface area contributed by atoms with Crippen molar-refractivity contribution in [3.63, 3.8) is 0 Å². The van der Waals surface area contributed by atoms with Crippen LogP contribution in [0.1, 0.15) is 42.6 Å². The Morgan fingerprint density at radius 2 is 2.10 bits per heavy atom. The molecule has 3 rings (SSSR count). The molecule has 20 heavy (non-hydrogen) atoms. The van der Waals surface area contributed by atoms with Gasteiger partial charge in [-0.2, -0.15) is 0 Å². The molecule has 0 unspecified atom stereocenters. The van der Waals surface area contributed by atoms with E-state index in [1.165, 1.54) is 25.7 Å². The molecule has 1 heterocycles. The van der Waals surface area contributed by atoms with Crippen LogP contribution in [-0.4, -0.2) is 28.6 Å². The molecule has 0 radical (unpaired) electrons. The van der Waals surface area contributed by atoms with Crippen LogP contribution in [0.25, 0.3) is 0 Å². The lowest BCUT2D eigenvalue weighted by Gasteiger charge is -2.28. The van der Waals surface area contributed by atoms with Gasteiger partial charge in [0, 0.05) is 18.3 Å². The first kappa shape index (κ1) is 13.2. The number of hydrogen-bond acceptors (Lipinski definition) is 4. The molecule has 5 heteroatoms. The van der Waals surface area contributed by atoms with Gasteiger partial charge in [0.05, 0.1) is 16.9 Å². The van der Waals surface area contributed by atoms with Gasteiger partial charge in [0.15, 0.2) is 5.84 Å². The highest BCUT2D eigenvalue weighted by Gasteiger charge is 2.35. The molecule has 2 aliphatic rings. The first-order valence-corrected chi connectivity index (χ1v) is 7.33. The third-order valence-electron chi connectivity index (χ3n) is 4.12. The van der Waals surface area contributed by atoms with Gasteiger partial charge in [-0.1, -0.05) is 5.16 Å². The van der Waals surface area contributed by atoms with Gasteiger partial charge in [0.2, 0.25) is 0 Å². The zero-order valence-electron chi connectivity index (χ0n) is 12.1. The van der Waals surface area contributed by atoms with Gasteiger partial charge < -0.3 is 15.8 Å². The molecule has 2 fully saturated rings. The zero-order chi connectivity index (χ0) is 14.3. The van der Waals surface area contributed by atoms with E-state index in [9.17, 15) is 0 Å². The van der Waals surface area contributed by atoms with E-state index in [4.69, 9.17) is 10.9 Å². The van der Waals surface area contributed by atoms with Gasteiger partial charge in [0.1, 0.15) is 0 Å². The lowest BCUT2D eigenvalue weighted by Crippen LogP contribution is -2.31. The van der Waals surface area contributed by atoms with Crippen molar-refractivity contribution in [3.05, 3.63) is 23.0 Å². The highest BCUT2D eigenvalue weighted by molar-refractivity contribution is 6.03. The molecule has 0 aromatic carbocycles. The second-order valence-corrected chi connectivity index (χ2v) is 6.06. The summed E-state index contributed by atoms with van der Waals surface area (Å²) < 4.78 is 0. The number of rotatable bonds is 5. The summed E-state index contributed by atoms with van der Waals surface area (Å²) in [6.07, 6.45) is 5.13. The largest absolute Gasteiger partial charge is 0.409 e. The van der Waals surface area contributed by atoms with Gasteiger partial charge in [-0.25, -0.2) is 0 Å². The summed E-state index contributed by atoms with van der Waals surface area (Å²) in [5.74, 6) is 0.968. The molecule has 2 saturated carbocycles. The Morgan fingerprint density at radius 3 is 2.65 bits per heavy atom. The summed E-state index contributed by atoms with van der Waals surface area (Å²) in [6.45, 7) is 5.00. The molecule has 0 aliphatic heterocycles. The van der Waals surface area contributed by atoms with Crippen LogP contribution in [0.15, 0.2) is 11.2 Å². The average molecular weight is 274 g/mol. The molecule has 1 aromatic rings. The maximum absolute atomic E-state index is 9.05. The predicted molar refractivity (Wildman–Crippen MR) is 79.3 cm³/mol. The minimum Gasteiger partial charge on any atom is -0.409 e. The standard InChI is InChI=1S/C15H22N4O/c1-9-7-13(14(10(2)17-9)15(16)18-20)19(12-5-6-12)8-11-3-4-11/h7,11-12,20H,3-6,8H2,1-2H3,(H2,16,18). The maximum atomic E-state index is 9.05. The molecule has 0 bridgehead atoms. The molecule has 0 amide bonds. The maximum Gasteiger partial charge on any atom is 0.174 e. The van der Waals surface area contributed by atoms with E-state index in [0.29, 0.717) is 6.04 Å². The molecule has 0 saturated heterocycles. The number of nitrogens with zero attached hydrogens (tertiary/aromatic N) is 3. The lowest BCUT2D eigenvalue weighted by atomic mass is 10.1. The highest BCUT2D eigenvalue weighted by Crippen LogP contribution is 2.39. The Kier molecular flexibility index (Phi) is 3.28. The van der Waals surface area contributed by atoms with Crippen molar-refractivity contribution < 1.29 is 5.21 Å². The van der Waals surface area contributed by atoms with Crippen LogP contribution in [0, 0.1) is 19.8 Å². The molecule has 1 aromatic heterocycles. The van der Waals surface area contributed by atoms with Crippen LogP contribution < -0.4 is 10.6 Å². The van der Waals surface area contributed by atoms with Crippen molar-refractivity contribution in [1.82, 2.24) is 4.98 Å². The van der Waals surface area contributed by atoms with E-state index in [1.54, 1.807) is 0 Å². The fourth-order valence-corrected chi connectivity index (χ4v) is 2.81. The number of amidine groups is 1. The van der Waals surface area contributed by atoms with Gasteiger partial charge in [-0.05, 0) is 51.5 Å². The van der Waals surface area contributed by atoms with E-state index in [2.05, 4.69) is 21.1 Å². The van der Waals surface area contributed by atoms with Crippen molar-refractivity contribution in [3.8, 4) is 0 Å². The Morgan fingerprint density at radius 1 is 1.40 bits per heavy atom. The zero-order valence-corrected chi connectivity index (χ0v) is 12.1. The third kappa shape index (κ3) is 2.57. The van der Waals surface area contributed by atoms with Crippen molar-refractivity contribution >= 4 is 11.5 Å². The quantitative estimate of drug-likeness (QED) is 0.373. The fourth-order valence-electron chi connectivity index (χ4n) is 2.81. The molecule has 2 aliphatic carbocycles. The van der Waals surface area contributed by atoms with Gasteiger partial charge >= 0.3 is 0 Å². The number of hydrogen-bond donors (Lipinski definition) is 2. The van der Waals surface area contributed by atoms with E-state index in [-0.39, 0.29) is 5.84 Å². The van der Waals surface area contributed by atoms with Gasteiger partial charge in [-0.3, -0.25) is 4.98 Å². The van der Waals surface area contributed by atoms with Crippen LogP contribution in [0.5, 0.6) is 0 Å². The second kappa shape index (κ2) is 4.96. The minimum atomic E-state index is 0.159. The highest BCUT2D eigenvalue weighted by atomic mass is 16.4. The van der Waals surface area contributed by atoms with Gasteiger partial charge in [0.25, 0.3) is 0 Å². The number of aryl methyl sites for hydroxylation is 2. The number of oxime groups is 1. The lowest BCUT2D eigenvalue weighted by molar-refractivity contribution is 0.318. The van der Waals surface area contributed by atoms with E-state index >= 15 is 0 Å². The number of anilines is 1. The number of nitrogens with two attached hydrogens (primary N) is 1. The Balaban J connectivity index is 2.04. The van der Waals surface area contributed by atoms with E-state index in [0.717, 1.165) is 35.1 Å². The SMILES string of the molecule is Cc1cc(N(CC2CC2)C2CC2)c(/C(N)=N/O)c(C)n1. The topological polar surface area (TPSA) is 74.7 Å². The van der Waals surface area contributed by atoms with Crippen LogP contribution in [0.4, 0.5) is 5.69 Å². The molecular formula is C15H22N4O. The summed E-state index contributed by atoms with van der Waals surface area (Å²) in [7, 11) is 0. The molecule has 0 atom stereocenters. The second-order valence-electron chi connectivity index (χ2n) is 6.06. The number of pyridine rings is 1. The van der Waals surface area contributed by atoms with Crippen molar-refractivity contribution in [1.29, 1.82) is 0 Å². The fraction of sp³-hybridized carbons (Fsp3) is 0.600. The summed E-state index contributed by atoms with van der Waals surface area (Å²) in [5, 5.41) is 12.2. The third-order valence-corrected chi connectivity index (χ3v) is 4.12. The van der Waals surface area contributed by atoms with Crippen molar-refractivity contribution in [2.45, 2.75) is 45.6 Å². The normalized spacial score (nSPS) is 19.2. The minimum absolute atomic E-state index is 0.159. The average Bonchev–Trinajstić information content (AvgIpc) is 3.26. The Labute approximate surface area is 119 Å². The first-order chi connectivity index (χ1) is 9.60. The Hall–Kier alpha value is -1.78. The van der Waals surface area contributed by atoms with Crippen LogP contribution in [-0.2, 0) is 0 Å².